The number of thiocarbonyl (C=S) groups is 1. The maximum absolute atomic E-state index is 5.01. The molecule has 0 aromatic rings. The van der Waals surface area contributed by atoms with E-state index in [-0.39, 0.29) is 0 Å². The lowest BCUT2D eigenvalue weighted by atomic mass is 10.1. The van der Waals surface area contributed by atoms with E-state index < -0.39 is 0 Å². The van der Waals surface area contributed by atoms with E-state index in [4.69, 9.17) is 12.2 Å². The molecule has 2 nitrogen and oxygen atoms in total. The zero-order valence-electron chi connectivity index (χ0n) is 7.64. The third-order valence-corrected chi connectivity index (χ3v) is 4.04. The smallest absolute Gasteiger partial charge is 0.166 e. The van der Waals surface area contributed by atoms with Gasteiger partial charge in [-0.2, -0.15) is 11.8 Å². The van der Waals surface area contributed by atoms with Crippen LogP contribution in [0.3, 0.4) is 0 Å². The highest BCUT2D eigenvalue weighted by atomic mass is 32.2. The summed E-state index contributed by atoms with van der Waals surface area (Å²) in [4.78, 5) is 0. The summed E-state index contributed by atoms with van der Waals surface area (Å²) in [6, 6.07) is 0. The van der Waals surface area contributed by atoms with Crippen LogP contribution in [-0.4, -0.2) is 29.2 Å². The molecule has 1 rings (SSSR count). The molecule has 1 heterocycles. The highest BCUT2D eigenvalue weighted by Crippen LogP contribution is 2.36. The fourth-order valence-electron chi connectivity index (χ4n) is 1.33. The third-order valence-electron chi connectivity index (χ3n) is 2.15. The summed E-state index contributed by atoms with van der Waals surface area (Å²) in [6.45, 7) is 3.28. The Morgan fingerprint density at radius 2 is 2.42 bits per heavy atom. The van der Waals surface area contributed by atoms with Crippen LogP contribution in [0, 0.1) is 0 Å². The first-order valence-electron chi connectivity index (χ1n) is 4.26. The maximum atomic E-state index is 5.01. The summed E-state index contributed by atoms with van der Waals surface area (Å²) in [6.07, 6.45) is 2.64. The van der Waals surface area contributed by atoms with Crippen molar-refractivity contribution in [1.29, 1.82) is 0 Å². The molecule has 1 saturated heterocycles. The van der Waals surface area contributed by atoms with Crippen LogP contribution in [0.25, 0.3) is 0 Å². The van der Waals surface area contributed by atoms with Crippen molar-refractivity contribution in [2.24, 2.45) is 0 Å². The maximum Gasteiger partial charge on any atom is 0.166 e. The zero-order chi connectivity index (χ0) is 9.03. The van der Waals surface area contributed by atoms with Crippen LogP contribution in [0.15, 0.2) is 0 Å². The minimum atomic E-state index is 0.404. The van der Waals surface area contributed by atoms with Crippen LogP contribution in [-0.2, 0) is 0 Å². The molecule has 0 amide bonds. The Morgan fingerprint density at radius 1 is 1.67 bits per heavy atom. The van der Waals surface area contributed by atoms with Crippen LogP contribution in [0.2, 0.25) is 0 Å². The van der Waals surface area contributed by atoms with Crippen molar-refractivity contribution in [3.63, 3.8) is 0 Å². The lowest BCUT2D eigenvalue weighted by molar-refractivity contribution is 0.589. The standard InChI is InChI=1S/C8H16N2S2/c1-8(4-3-5-12-8)6-10-7(11)9-2/h3-6H2,1-2H3,(H2,9,10,11). The van der Waals surface area contributed by atoms with Crippen molar-refractivity contribution in [3.05, 3.63) is 0 Å². The molecule has 0 aromatic carbocycles. The summed E-state index contributed by atoms with van der Waals surface area (Å²) >= 11 is 7.06. The van der Waals surface area contributed by atoms with Crippen LogP contribution < -0.4 is 10.6 Å². The summed E-state index contributed by atoms with van der Waals surface area (Å²) in [7, 11) is 1.85. The molecule has 1 aliphatic heterocycles. The first-order chi connectivity index (χ1) is 5.66. The van der Waals surface area contributed by atoms with Gasteiger partial charge in [-0.3, -0.25) is 0 Å². The van der Waals surface area contributed by atoms with E-state index >= 15 is 0 Å². The summed E-state index contributed by atoms with van der Waals surface area (Å²) in [5, 5.41) is 6.88. The quantitative estimate of drug-likeness (QED) is 0.663. The molecule has 1 atom stereocenters. The molecule has 12 heavy (non-hydrogen) atoms. The number of thioether (sulfide) groups is 1. The third kappa shape index (κ3) is 2.83. The second kappa shape index (κ2) is 4.33. The van der Waals surface area contributed by atoms with E-state index in [0.29, 0.717) is 4.75 Å². The molecule has 0 aliphatic carbocycles. The molecule has 1 unspecified atom stereocenters. The predicted octanol–water partition coefficient (Wildman–Crippen LogP) is 1.37. The molecular formula is C8H16N2S2. The molecule has 0 radical (unpaired) electrons. The van der Waals surface area contributed by atoms with Gasteiger partial charge < -0.3 is 10.6 Å². The number of nitrogens with one attached hydrogen (secondary N) is 2. The van der Waals surface area contributed by atoms with Gasteiger partial charge in [-0.25, -0.2) is 0 Å². The fraction of sp³-hybridized carbons (Fsp3) is 0.875. The van der Waals surface area contributed by atoms with Crippen molar-refractivity contribution in [3.8, 4) is 0 Å². The number of hydrogen-bond donors (Lipinski definition) is 2. The Hall–Kier alpha value is 0.0400. The first-order valence-corrected chi connectivity index (χ1v) is 5.65. The van der Waals surface area contributed by atoms with Gasteiger partial charge in [-0.15, -0.1) is 0 Å². The highest BCUT2D eigenvalue weighted by Gasteiger charge is 2.29. The van der Waals surface area contributed by atoms with E-state index in [1.807, 2.05) is 18.8 Å². The average molecular weight is 204 g/mol. The van der Waals surface area contributed by atoms with Crippen molar-refractivity contribution in [1.82, 2.24) is 10.6 Å². The van der Waals surface area contributed by atoms with Crippen LogP contribution in [0.1, 0.15) is 19.8 Å². The van der Waals surface area contributed by atoms with Crippen molar-refractivity contribution < 1.29 is 0 Å². The summed E-state index contributed by atoms with van der Waals surface area (Å²) < 4.78 is 0.404. The fourth-order valence-corrected chi connectivity index (χ4v) is 2.65. The SMILES string of the molecule is CNC(=S)NCC1(C)CCCS1. The van der Waals surface area contributed by atoms with E-state index in [0.717, 1.165) is 11.7 Å². The van der Waals surface area contributed by atoms with Crippen LogP contribution in [0.4, 0.5) is 0 Å². The lowest BCUT2D eigenvalue weighted by Crippen LogP contribution is -2.40. The van der Waals surface area contributed by atoms with E-state index in [1.165, 1.54) is 18.6 Å². The normalized spacial score (nSPS) is 28.5. The van der Waals surface area contributed by atoms with Crippen molar-refractivity contribution >= 4 is 29.1 Å². The Kier molecular flexibility index (Phi) is 3.65. The number of hydrogen-bond acceptors (Lipinski definition) is 2. The molecule has 0 aromatic heterocycles. The molecule has 0 spiro atoms. The van der Waals surface area contributed by atoms with Crippen LogP contribution >= 0.6 is 24.0 Å². The van der Waals surface area contributed by atoms with E-state index in [2.05, 4.69) is 17.6 Å². The molecule has 0 bridgehead atoms. The second-order valence-corrected chi connectivity index (χ2v) is 5.43. The van der Waals surface area contributed by atoms with Crippen LogP contribution in [0.5, 0.6) is 0 Å². The van der Waals surface area contributed by atoms with Crippen molar-refractivity contribution in [2.75, 3.05) is 19.3 Å². The summed E-state index contributed by atoms with van der Waals surface area (Å²) in [5.41, 5.74) is 0. The Labute approximate surface area is 83.9 Å². The second-order valence-electron chi connectivity index (χ2n) is 3.33. The highest BCUT2D eigenvalue weighted by molar-refractivity contribution is 8.00. The van der Waals surface area contributed by atoms with Gasteiger partial charge in [0.1, 0.15) is 0 Å². The van der Waals surface area contributed by atoms with E-state index in [1.54, 1.807) is 0 Å². The minimum Gasteiger partial charge on any atom is -0.366 e. The number of rotatable bonds is 2. The summed E-state index contributed by atoms with van der Waals surface area (Å²) in [5.74, 6) is 1.30. The Morgan fingerprint density at radius 3 is 2.92 bits per heavy atom. The molecular weight excluding hydrogens is 188 g/mol. The topological polar surface area (TPSA) is 24.1 Å². The minimum absolute atomic E-state index is 0.404. The largest absolute Gasteiger partial charge is 0.366 e. The van der Waals surface area contributed by atoms with Gasteiger partial charge in [0.2, 0.25) is 0 Å². The van der Waals surface area contributed by atoms with Gasteiger partial charge in [0, 0.05) is 18.3 Å². The molecule has 70 valence electrons. The van der Waals surface area contributed by atoms with Gasteiger partial charge >= 0.3 is 0 Å². The van der Waals surface area contributed by atoms with Gasteiger partial charge in [-0.1, -0.05) is 0 Å². The molecule has 0 saturated carbocycles. The lowest BCUT2D eigenvalue weighted by Gasteiger charge is -2.23. The van der Waals surface area contributed by atoms with Gasteiger partial charge in [-0.05, 0) is 37.7 Å². The monoisotopic (exact) mass is 204 g/mol. The van der Waals surface area contributed by atoms with Gasteiger partial charge in [0.25, 0.3) is 0 Å². The zero-order valence-corrected chi connectivity index (χ0v) is 9.28. The molecule has 2 N–H and O–H groups in total. The van der Waals surface area contributed by atoms with Gasteiger partial charge in [0.05, 0.1) is 0 Å². The van der Waals surface area contributed by atoms with Gasteiger partial charge in [0.15, 0.2) is 5.11 Å². The Balaban J connectivity index is 2.25. The first kappa shape index (κ1) is 10.1. The Bertz CT molecular complexity index is 164. The molecule has 1 fully saturated rings. The predicted molar refractivity (Wildman–Crippen MR) is 59.8 cm³/mol. The van der Waals surface area contributed by atoms with Crippen molar-refractivity contribution in [2.45, 2.75) is 24.5 Å². The molecule has 4 heteroatoms. The van der Waals surface area contributed by atoms with E-state index in [9.17, 15) is 0 Å². The molecule has 1 aliphatic rings. The average Bonchev–Trinajstić information content (AvgIpc) is 2.49.